The Morgan fingerprint density at radius 2 is 2.50 bits per heavy atom. The van der Waals surface area contributed by atoms with Crippen LogP contribution in [-0.4, -0.2) is 22.6 Å². The molecule has 0 spiro atoms. The Labute approximate surface area is 83.0 Å². The van der Waals surface area contributed by atoms with E-state index in [2.05, 4.69) is 10.3 Å². The van der Waals surface area contributed by atoms with Crippen molar-refractivity contribution in [3.05, 3.63) is 30.1 Å². The lowest BCUT2D eigenvalue weighted by molar-refractivity contribution is -0.136. The fourth-order valence-electron chi connectivity index (χ4n) is 1.15. The van der Waals surface area contributed by atoms with Crippen LogP contribution in [0.1, 0.15) is 24.9 Å². The Morgan fingerprint density at radius 3 is 3.07 bits per heavy atom. The van der Waals surface area contributed by atoms with Crippen molar-refractivity contribution < 1.29 is 9.90 Å². The van der Waals surface area contributed by atoms with Gasteiger partial charge in [0.25, 0.3) is 0 Å². The molecule has 0 aromatic carbocycles. The first-order valence-electron chi connectivity index (χ1n) is 4.55. The molecular weight excluding hydrogens is 180 g/mol. The normalized spacial score (nSPS) is 12.4. The van der Waals surface area contributed by atoms with Gasteiger partial charge in [-0.3, -0.25) is 9.78 Å². The SMILES string of the molecule is C[C@H](NCCC(=O)O)c1cccnc1. The molecule has 0 amide bonds. The third-order valence-electron chi connectivity index (χ3n) is 1.97. The van der Waals surface area contributed by atoms with E-state index in [1.165, 1.54) is 0 Å². The summed E-state index contributed by atoms with van der Waals surface area (Å²) in [6.45, 7) is 2.46. The zero-order valence-corrected chi connectivity index (χ0v) is 8.10. The summed E-state index contributed by atoms with van der Waals surface area (Å²) in [6.07, 6.45) is 3.64. The maximum atomic E-state index is 10.3. The van der Waals surface area contributed by atoms with Gasteiger partial charge in [-0.2, -0.15) is 0 Å². The minimum absolute atomic E-state index is 0.142. The van der Waals surface area contributed by atoms with E-state index in [4.69, 9.17) is 5.11 Å². The van der Waals surface area contributed by atoms with Crippen LogP contribution in [0.5, 0.6) is 0 Å². The quantitative estimate of drug-likeness (QED) is 0.739. The second-order valence-electron chi connectivity index (χ2n) is 3.11. The molecule has 14 heavy (non-hydrogen) atoms. The number of carboxylic acids is 1. The second-order valence-corrected chi connectivity index (χ2v) is 3.11. The molecule has 76 valence electrons. The van der Waals surface area contributed by atoms with Crippen molar-refractivity contribution in [2.45, 2.75) is 19.4 Å². The van der Waals surface area contributed by atoms with Gasteiger partial charge in [-0.1, -0.05) is 6.07 Å². The van der Waals surface area contributed by atoms with Gasteiger partial charge in [-0.25, -0.2) is 0 Å². The maximum Gasteiger partial charge on any atom is 0.304 e. The van der Waals surface area contributed by atoms with Gasteiger partial charge in [0, 0.05) is 25.0 Å². The molecule has 0 unspecified atom stereocenters. The lowest BCUT2D eigenvalue weighted by Crippen LogP contribution is -2.21. The standard InChI is InChI=1S/C10H14N2O2/c1-8(12-6-4-10(13)14)9-3-2-5-11-7-9/h2-3,5,7-8,12H,4,6H2,1H3,(H,13,14)/t8-/m0/s1. The van der Waals surface area contributed by atoms with Crippen LogP contribution < -0.4 is 5.32 Å². The van der Waals surface area contributed by atoms with E-state index in [1.807, 2.05) is 19.1 Å². The van der Waals surface area contributed by atoms with Crippen molar-refractivity contribution in [1.82, 2.24) is 10.3 Å². The topological polar surface area (TPSA) is 62.2 Å². The zero-order chi connectivity index (χ0) is 10.4. The lowest BCUT2D eigenvalue weighted by Gasteiger charge is -2.12. The number of nitrogens with one attached hydrogen (secondary N) is 1. The molecule has 1 aromatic rings. The number of pyridine rings is 1. The van der Waals surface area contributed by atoms with E-state index in [0.29, 0.717) is 6.54 Å². The predicted molar refractivity (Wildman–Crippen MR) is 52.9 cm³/mol. The minimum atomic E-state index is -0.782. The van der Waals surface area contributed by atoms with Crippen LogP contribution in [0.15, 0.2) is 24.5 Å². The molecule has 0 bridgehead atoms. The molecule has 0 radical (unpaired) electrons. The molecule has 4 heteroatoms. The summed E-state index contributed by atoms with van der Waals surface area (Å²) in [5, 5.41) is 11.6. The highest BCUT2D eigenvalue weighted by Gasteiger charge is 2.04. The van der Waals surface area contributed by atoms with Gasteiger partial charge < -0.3 is 10.4 Å². The van der Waals surface area contributed by atoms with Crippen LogP contribution in [0, 0.1) is 0 Å². The Bertz CT molecular complexity index is 287. The molecule has 0 fully saturated rings. The number of nitrogens with zero attached hydrogens (tertiary/aromatic N) is 1. The van der Waals surface area contributed by atoms with Crippen molar-refractivity contribution in [1.29, 1.82) is 0 Å². The van der Waals surface area contributed by atoms with Crippen LogP contribution in [0.3, 0.4) is 0 Å². The van der Waals surface area contributed by atoms with Crippen LogP contribution in [0.4, 0.5) is 0 Å². The van der Waals surface area contributed by atoms with Crippen LogP contribution >= 0.6 is 0 Å². The molecule has 0 saturated carbocycles. The zero-order valence-electron chi connectivity index (χ0n) is 8.10. The van der Waals surface area contributed by atoms with Crippen LogP contribution in [-0.2, 0) is 4.79 Å². The van der Waals surface area contributed by atoms with Gasteiger partial charge in [0.05, 0.1) is 6.42 Å². The number of aromatic nitrogens is 1. The number of rotatable bonds is 5. The maximum absolute atomic E-state index is 10.3. The monoisotopic (exact) mass is 194 g/mol. The molecule has 0 aliphatic heterocycles. The summed E-state index contributed by atoms with van der Waals surface area (Å²) in [4.78, 5) is 14.3. The number of hydrogen-bond donors (Lipinski definition) is 2. The smallest absolute Gasteiger partial charge is 0.304 e. The molecule has 2 N–H and O–H groups in total. The Morgan fingerprint density at radius 1 is 1.71 bits per heavy atom. The highest BCUT2D eigenvalue weighted by molar-refractivity contribution is 5.66. The first kappa shape index (κ1) is 10.7. The number of aliphatic carboxylic acids is 1. The van der Waals surface area contributed by atoms with E-state index >= 15 is 0 Å². The second kappa shape index (κ2) is 5.34. The summed E-state index contributed by atoms with van der Waals surface area (Å²) < 4.78 is 0. The Kier molecular flexibility index (Phi) is 4.07. The molecule has 0 saturated heterocycles. The van der Waals surface area contributed by atoms with Gasteiger partial charge in [-0.05, 0) is 18.6 Å². The number of carbonyl (C=O) groups is 1. The van der Waals surface area contributed by atoms with Crippen molar-refractivity contribution in [2.24, 2.45) is 0 Å². The fraction of sp³-hybridized carbons (Fsp3) is 0.400. The van der Waals surface area contributed by atoms with Gasteiger partial charge in [0.2, 0.25) is 0 Å². The molecule has 1 rings (SSSR count). The van der Waals surface area contributed by atoms with E-state index in [0.717, 1.165) is 5.56 Å². The van der Waals surface area contributed by atoms with E-state index in [1.54, 1.807) is 12.4 Å². The minimum Gasteiger partial charge on any atom is -0.481 e. The molecule has 1 aromatic heterocycles. The first-order valence-corrected chi connectivity index (χ1v) is 4.55. The first-order chi connectivity index (χ1) is 6.70. The Hall–Kier alpha value is -1.42. The van der Waals surface area contributed by atoms with Gasteiger partial charge in [0.15, 0.2) is 0 Å². The highest BCUT2D eigenvalue weighted by atomic mass is 16.4. The molecule has 0 aliphatic rings. The predicted octanol–water partition coefficient (Wildman–Crippen LogP) is 1.21. The Balaban J connectivity index is 2.36. The molecule has 1 atom stereocenters. The van der Waals surface area contributed by atoms with Crippen LogP contribution in [0.2, 0.25) is 0 Å². The van der Waals surface area contributed by atoms with Crippen molar-refractivity contribution in [3.63, 3.8) is 0 Å². The molecular formula is C10H14N2O2. The lowest BCUT2D eigenvalue weighted by atomic mass is 10.1. The van der Waals surface area contributed by atoms with E-state index in [9.17, 15) is 4.79 Å². The third kappa shape index (κ3) is 3.53. The van der Waals surface area contributed by atoms with Crippen LogP contribution in [0.25, 0.3) is 0 Å². The number of carboxylic acid groups (broad SMARTS) is 1. The fourth-order valence-corrected chi connectivity index (χ4v) is 1.15. The summed E-state index contributed by atoms with van der Waals surface area (Å²) in [5.74, 6) is -0.782. The average Bonchev–Trinajstić information content (AvgIpc) is 2.18. The average molecular weight is 194 g/mol. The summed E-state index contributed by atoms with van der Waals surface area (Å²) in [7, 11) is 0. The number of hydrogen-bond acceptors (Lipinski definition) is 3. The third-order valence-corrected chi connectivity index (χ3v) is 1.97. The van der Waals surface area contributed by atoms with Gasteiger partial charge in [0.1, 0.15) is 0 Å². The largest absolute Gasteiger partial charge is 0.481 e. The van der Waals surface area contributed by atoms with E-state index in [-0.39, 0.29) is 12.5 Å². The van der Waals surface area contributed by atoms with Crippen molar-refractivity contribution in [2.75, 3.05) is 6.54 Å². The molecule has 1 heterocycles. The molecule has 0 aliphatic carbocycles. The van der Waals surface area contributed by atoms with Gasteiger partial charge in [-0.15, -0.1) is 0 Å². The van der Waals surface area contributed by atoms with Crippen molar-refractivity contribution >= 4 is 5.97 Å². The summed E-state index contributed by atoms with van der Waals surface area (Å²) in [5.41, 5.74) is 1.07. The van der Waals surface area contributed by atoms with Crippen molar-refractivity contribution in [3.8, 4) is 0 Å². The summed E-state index contributed by atoms with van der Waals surface area (Å²) >= 11 is 0. The molecule has 4 nitrogen and oxygen atoms in total. The summed E-state index contributed by atoms with van der Waals surface area (Å²) in [6, 6.07) is 3.97. The van der Waals surface area contributed by atoms with Gasteiger partial charge >= 0.3 is 5.97 Å². The van der Waals surface area contributed by atoms with E-state index < -0.39 is 5.97 Å². The highest BCUT2D eigenvalue weighted by Crippen LogP contribution is 2.08.